The van der Waals surface area contributed by atoms with Crippen LogP contribution in [0.3, 0.4) is 0 Å². The van der Waals surface area contributed by atoms with E-state index in [4.69, 9.17) is 13.9 Å². The first-order chi connectivity index (χ1) is 10.9. The zero-order chi connectivity index (χ0) is 14.8. The van der Waals surface area contributed by atoms with E-state index in [0.29, 0.717) is 11.9 Å². The van der Waals surface area contributed by atoms with Gasteiger partial charge < -0.3 is 13.9 Å². The van der Waals surface area contributed by atoms with Gasteiger partial charge in [-0.15, -0.1) is 0 Å². The summed E-state index contributed by atoms with van der Waals surface area (Å²) < 4.78 is 17.5. The van der Waals surface area contributed by atoms with Crippen molar-refractivity contribution in [3.8, 4) is 5.88 Å². The number of pyridine rings is 1. The van der Waals surface area contributed by atoms with E-state index < -0.39 is 0 Å². The molecular formula is C17H20N2O3. The van der Waals surface area contributed by atoms with Gasteiger partial charge in [0.05, 0.1) is 19.4 Å². The van der Waals surface area contributed by atoms with Crippen LogP contribution < -0.4 is 4.74 Å². The van der Waals surface area contributed by atoms with Crippen molar-refractivity contribution in [3.05, 3.63) is 48.6 Å². The molecule has 5 heteroatoms. The van der Waals surface area contributed by atoms with E-state index in [9.17, 15) is 0 Å². The molecule has 0 bridgehead atoms. The molecule has 1 saturated carbocycles. The highest BCUT2D eigenvalue weighted by atomic mass is 16.5. The summed E-state index contributed by atoms with van der Waals surface area (Å²) >= 11 is 0. The maximum atomic E-state index is 6.04. The fourth-order valence-electron chi connectivity index (χ4n) is 3.49. The molecule has 0 aromatic carbocycles. The SMILES string of the molecule is c1ccc(O[C@@H]2CC[C@H]3[C@H]2OCCN3Cc2ccco2)nc1. The third-order valence-electron chi connectivity index (χ3n) is 4.50. The number of fused-ring (bicyclic) bond motifs is 1. The van der Waals surface area contributed by atoms with Crippen LogP contribution in [0.15, 0.2) is 47.2 Å². The zero-order valence-electron chi connectivity index (χ0n) is 12.4. The van der Waals surface area contributed by atoms with Crippen LogP contribution >= 0.6 is 0 Å². The predicted octanol–water partition coefficient (Wildman–Crippen LogP) is 2.49. The molecule has 2 aliphatic rings. The Morgan fingerprint density at radius 2 is 2.23 bits per heavy atom. The third kappa shape index (κ3) is 2.74. The third-order valence-corrected chi connectivity index (χ3v) is 4.50. The number of hydrogen-bond acceptors (Lipinski definition) is 5. The van der Waals surface area contributed by atoms with Crippen molar-refractivity contribution in [1.29, 1.82) is 0 Å². The van der Waals surface area contributed by atoms with Gasteiger partial charge in [0.2, 0.25) is 5.88 Å². The van der Waals surface area contributed by atoms with E-state index in [1.54, 1.807) is 12.5 Å². The Kier molecular flexibility index (Phi) is 3.83. The molecule has 0 unspecified atom stereocenters. The smallest absolute Gasteiger partial charge is 0.213 e. The van der Waals surface area contributed by atoms with Crippen LogP contribution in [-0.2, 0) is 11.3 Å². The van der Waals surface area contributed by atoms with Crippen molar-refractivity contribution < 1.29 is 13.9 Å². The summed E-state index contributed by atoms with van der Waals surface area (Å²) in [6, 6.07) is 10.1. The first-order valence-corrected chi connectivity index (χ1v) is 7.86. The van der Waals surface area contributed by atoms with E-state index >= 15 is 0 Å². The van der Waals surface area contributed by atoms with E-state index in [1.807, 2.05) is 30.3 Å². The Morgan fingerprint density at radius 1 is 1.23 bits per heavy atom. The maximum Gasteiger partial charge on any atom is 0.213 e. The Labute approximate surface area is 129 Å². The molecule has 0 N–H and O–H groups in total. The van der Waals surface area contributed by atoms with Gasteiger partial charge in [-0.2, -0.15) is 0 Å². The van der Waals surface area contributed by atoms with E-state index in [0.717, 1.165) is 38.3 Å². The highest BCUT2D eigenvalue weighted by Crippen LogP contribution is 2.33. The second-order valence-electron chi connectivity index (χ2n) is 5.85. The van der Waals surface area contributed by atoms with Crippen LogP contribution in [-0.4, -0.2) is 41.3 Å². The average molecular weight is 300 g/mol. The van der Waals surface area contributed by atoms with E-state index in [1.165, 1.54) is 0 Å². The fraction of sp³-hybridized carbons (Fsp3) is 0.471. The summed E-state index contributed by atoms with van der Waals surface area (Å²) in [6.07, 6.45) is 5.77. The van der Waals surface area contributed by atoms with Gasteiger partial charge in [-0.3, -0.25) is 4.90 Å². The summed E-state index contributed by atoms with van der Waals surface area (Å²) in [4.78, 5) is 6.71. The van der Waals surface area contributed by atoms with Gasteiger partial charge in [0.1, 0.15) is 18.0 Å². The fourth-order valence-corrected chi connectivity index (χ4v) is 3.49. The van der Waals surface area contributed by atoms with Crippen LogP contribution in [0.2, 0.25) is 0 Å². The molecule has 22 heavy (non-hydrogen) atoms. The Hall–Kier alpha value is -1.85. The lowest BCUT2D eigenvalue weighted by Crippen LogP contribution is -2.51. The van der Waals surface area contributed by atoms with Crippen molar-refractivity contribution in [2.45, 2.75) is 37.6 Å². The summed E-state index contributed by atoms with van der Waals surface area (Å²) in [6.45, 7) is 2.52. The van der Waals surface area contributed by atoms with Gasteiger partial charge in [-0.05, 0) is 31.0 Å². The van der Waals surface area contributed by atoms with Crippen molar-refractivity contribution in [2.75, 3.05) is 13.2 Å². The minimum Gasteiger partial charge on any atom is -0.472 e. The molecule has 2 aromatic heterocycles. The summed E-state index contributed by atoms with van der Waals surface area (Å²) in [5.41, 5.74) is 0. The van der Waals surface area contributed by atoms with Crippen LogP contribution in [0.1, 0.15) is 18.6 Å². The van der Waals surface area contributed by atoms with Crippen molar-refractivity contribution in [3.63, 3.8) is 0 Å². The lowest BCUT2D eigenvalue weighted by molar-refractivity contribution is -0.0934. The van der Waals surface area contributed by atoms with Crippen LogP contribution in [0.25, 0.3) is 0 Å². The number of hydrogen-bond donors (Lipinski definition) is 0. The predicted molar refractivity (Wildman–Crippen MR) is 80.5 cm³/mol. The van der Waals surface area contributed by atoms with Gasteiger partial charge in [0, 0.05) is 24.8 Å². The van der Waals surface area contributed by atoms with Crippen molar-refractivity contribution in [2.24, 2.45) is 0 Å². The molecule has 2 fully saturated rings. The first-order valence-electron chi connectivity index (χ1n) is 7.86. The molecule has 2 aromatic rings. The summed E-state index contributed by atoms with van der Waals surface area (Å²) in [5, 5.41) is 0. The van der Waals surface area contributed by atoms with Crippen LogP contribution in [0.5, 0.6) is 5.88 Å². The molecule has 3 atom stereocenters. The number of ether oxygens (including phenoxy) is 2. The molecule has 0 amide bonds. The van der Waals surface area contributed by atoms with Gasteiger partial charge in [-0.25, -0.2) is 4.98 Å². The molecule has 4 rings (SSSR count). The highest BCUT2D eigenvalue weighted by Gasteiger charge is 2.44. The van der Waals surface area contributed by atoms with E-state index in [-0.39, 0.29) is 12.2 Å². The highest BCUT2D eigenvalue weighted by molar-refractivity contribution is 5.11. The monoisotopic (exact) mass is 300 g/mol. The van der Waals surface area contributed by atoms with Crippen LogP contribution in [0, 0.1) is 0 Å². The van der Waals surface area contributed by atoms with Gasteiger partial charge in [0.25, 0.3) is 0 Å². The first kappa shape index (κ1) is 13.8. The van der Waals surface area contributed by atoms with Crippen molar-refractivity contribution in [1.82, 2.24) is 9.88 Å². The van der Waals surface area contributed by atoms with Gasteiger partial charge in [-0.1, -0.05) is 6.07 Å². The van der Waals surface area contributed by atoms with Gasteiger partial charge >= 0.3 is 0 Å². The van der Waals surface area contributed by atoms with Crippen LogP contribution in [0.4, 0.5) is 0 Å². The second-order valence-corrected chi connectivity index (χ2v) is 5.85. The largest absolute Gasteiger partial charge is 0.472 e. The molecule has 5 nitrogen and oxygen atoms in total. The molecule has 1 saturated heterocycles. The Morgan fingerprint density at radius 3 is 3.05 bits per heavy atom. The molecular weight excluding hydrogens is 280 g/mol. The molecule has 0 spiro atoms. The minimum atomic E-state index is 0.0827. The minimum absolute atomic E-state index is 0.0827. The number of furan rings is 1. The Balaban J connectivity index is 1.44. The molecule has 116 valence electrons. The number of rotatable bonds is 4. The normalized spacial score (nSPS) is 28.5. The summed E-state index contributed by atoms with van der Waals surface area (Å²) in [7, 11) is 0. The summed E-state index contributed by atoms with van der Waals surface area (Å²) in [5.74, 6) is 1.69. The average Bonchev–Trinajstić information content (AvgIpc) is 3.19. The zero-order valence-corrected chi connectivity index (χ0v) is 12.4. The lowest BCUT2D eigenvalue weighted by atomic mass is 10.1. The quantitative estimate of drug-likeness (QED) is 0.868. The molecule has 1 aliphatic heterocycles. The van der Waals surface area contributed by atoms with Crippen molar-refractivity contribution >= 4 is 0 Å². The Bertz CT molecular complexity index is 587. The van der Waals surface area contributed by atoms with Gasteiger partial charge in [0.15, 0.2) is 0 Å². The number of aromatic nitrogens is 1. The molecule has 1 aliphatic carbocycles. The maximum absolute atomic E-state index is 6.04. The molecule has 3 heterocycles. The second kappa shape index (κ2) is 6.10. The standard InChI is InChI=1S/C17H20N2O3/c1-2-8-18-16(5-1)22-15-7-6-14-17(15)21-11-9-19(14)12-13-4-3-10-20-13/h1-5,8,10,14-15,17H,6-7,9,11-12H2/t14-,15+,17+/m0/s1. The molecule has 0 radical (unpaired) electrons. The lowest BCUT2D eigenvalue weighted by Gasteiger charge is -2.38. The topological polar surface area (TPSA) is 47.7 Å². The van der Waals surface area contributed by atoms with E-state index in [2.05, 4.69) is 9.88 Å². The number of nitrogens with zero attached hydrogens (tertiary/aromatic N) is 2. The number of morpholine rings is 1.